The molecule has 0 spiro atoms. The Morgan fingerprint density at radius 1 is 1.07 bits per heavy atom. The number of fused-ring (bicyclic) bond motifs is 2. The molecule has 0 amide bonds. The highest BCUT2D eigenvalue weighted by molar-refractivity contribution is 6.40. The van der Waals surface area contributed by atoms with Gasteiger partial charge in [0.05, 0.1) is 16.8 Å². The number of ketones is 2. The summed E-state index contributed by atoms with van der Waals surface area (Å²) in [6, 6.07) is 3.30. The van der Waals surface area contributed by atoms with Gasteiger partial charge >= 0.3 is 0 Å². The molecular weight excluding hydrogens is 380 g/mol. The van der Waals surface area contributed by atoms with E-state index in [1.54, 1.807) is 18.3 Å². The van der Waals surface area contributed by atoms with Crippen molar-refractivity contribution in [1.82, 2.24) is 20.2 Å². The summed E-state index contributed by atoms with van der Waals surface area (Å²) in [5, 5.41) is 14.3. The third-order valence-electron chi connectivity index (χ3n) is 5.61. The average Bonchev–Trinajstić information content (AvgIpc) is 3.33. The maximum Gasteiger partial charge on any atom is 0.203 e. The van der Waals surface area contributed by atoms with Crippen LogP contribution in [0.1, 0.15) is 37.5 Å². The summed E-state index contributed by atoms with van der Waals surface area (Å²) in [5.41, 5.74) is 4.26. The Labute approximate surface area is 174 Å². The summed E-state index contributed by atoms with van der Waals surface area (Å²) in [5.74, 6) is -0.222. The Kier molecular flexibility index (Phi) is 5.32. The van der Waals surface area contributed by atoms with Crippen LogP contribution < -0.4 is 5.32 Å². The van der Waals surface area contributed by atoms with Crippen molar-refractivity contribution in [2.75, 3.05) is 34.2 Å². The summed E-state index contributed by atoms with van der Waals surface area (Å²) < 4.78 is 0. The molecule has 30 heavy (non-hydrogen) atoms. The maximum atomic E-state index is 13.4. The number of nitrogens with one attached hydrogen (secondary N) is 3. The molecule has 0 aliphatic heterocycles. The van der Waals surface area contributed by atoms with E-state index >= 15 is 0 Å². The maximum absolute atomic E-state index is 13.4. The summed E-state index contributed by atoms with van der Waals surface area (Å²) in [4.78, 5) is 34.4. The highest BCUT2D eigenvalue weighted by atomic mass is 16.3. The third-order valence-corrected chi connectivity index (χ3v) is 5.61. The van der Waals surface area contributed by atoms with Gasteiger partial charge in [0.2, 0.25) is 5.78 Å². The largest absolute Gasteiger partial charge is 0.507 e. The monoisotopic (exact) mass is 406 g/mol. The van der Waals surface area contributed by atoms with Gasteiger partial charge in [-0.1, -0.05) is 0 Å². The predicted octanol–water partition coefficient (Wildman–Crippen LogP) is 2.53. The number of phenols is 1. The lowest BCUT2D eigenvalue weighted by atomic mass is 9.86. The second-order valence-corrected chi connectivity index (χ2v) is 7.92. The molecule has 0 saturated heterocycles. The lowest BCUT2D eigenvalue weighted by Gasteiger charge is -2.15. The van der Waals surface area contributed by atoms with Crippen molar-refractivity contribution in [2.24, 2.45) is 0 Å². The van der Waals surface area contributed by atoms with E-state index < -0.39 is 0 Å². The number of aromatic nitrogens is 2. The van der Waals surface area contributed by atoms with E-state index in [-0.39, 0.29) is 17.3 Å². The van der Waals surface area contributed by atoms with Crippen molar-refractivity contribution in [3.05, 3.63) is 58.6 Å². The van der Waals surface area contributed by atoms with Crippen LogP contribution in [0.4, 0.5) is 0 Å². The molecule has 3 aromatic rings. The normalized spacial score (nSPS) is 13.9. The SMILES string of the molecule is CNCCc1c[nH]c2c1C(=O)C(c1ccc(O)c3c(CCN(C)C)c[nH]c13)=CC2=O. The van der Waals surface area contributed by atoms with Gasteiger partial charge in [0, 0.05) is 35.5 Å². The minimum Gasteiger partial charge on any atom is -0.507 e. The lowest BCUT2D eigenvalue weighted by molar-refractivity contribution is 0.0998. The number of allylic oxidation sites excluding steroid dienone is 2. The van der Waals surface area contributed by atoms with Gasteiger partial charge in [-0.3, -0.25) is 9.59 Å². The molecule has 7 nitrogen and oxygen atoms in total. The topological polar surface area (TPSA) is 101 Å². The molecule has 2 heterocycles. The van der Waals surface area contributed by atoms with E-state index in [0.29, 0.717) is 46.3 Å². The van der Waals surface area contributed by atoms with Crippen LogP contribution >= 0.6 is 0 Å². The second-order valence-electron chi connectivity index (χ2n) is 7.92. The van der Waals surface area contributed by atoms with Gasteiger partial charge < -0.3 is 25.3 Å². The minimum atomic E-state index is -0.212. The lowest BCUT2D eigenvalue weighted by Crippen LogP contribution is -2.18. The molecule has 0 radical (unpaired) electrons. The molecule has 1 aromatic carbocycles. The first kappa shape index (κ1) is 20.1. The van der Waals surface area contributed by atoms with Crippen LogP contribution in [0.2, 0.25) is 0 Å². The molecule has 1 aliphatic carbocycles. The summed E-state index contributed by atoms with van der Waals surface area (Å²) >= 11 is 0. The van der Waals surface area contributed by atoms with Crippen LogP contribution in [0.25, 0.3) is 16.5 Å². The molecule has 4 N–H and O–H groups in total. The molecule has 4 rings (SSSR count). The van der Waals surface area contributed by atoms with E-state index in [1.165, 1.54) is 6.08 Å². The van der Waals surface area contributed by atoms with Crippen molar-refractivity contribution >= 4 is 28.0 Å². The van der Waals surface area contributed by atoms with Gasteiger partial charge in [-0.15, -0.1) is 0 Å². The van der Waals surface area contributed by atoms with Crippen molar-refractivity contribution in [2.45, 2.75) is 12.8 Å². The molecule has 0 bridgehead atoms. The Morgan fingerprint density at radius 2 is 1.83 bits per heavy atom. The highest BCUT2D eigenvalue weighted by Gasteiger charge is 2.31. The van der Waals surface area contributed by atoms with Gasteiger partial charge in [0.15, 0.2) is 5.78 Å². The zero-order chi connectivity index (χ0) is 21.4. The van der Waals surface area contributed by atoms with Crippen LogP contribution in [-0.2, 0) is 12.8 Å². The average molecular weight is 406 g/mol. The number of aromatic hydroxyl groups is 1. The Balaban J connectivity index is 1.79. The van der Waals surface area contributed by atoms with E-state index in [0.717, 1.165) is 24.1 Å². The van der Waals surface area contributed by atoms with Crippen molar-refractivity contribution < 1.29 is 14.7 Å². The second kappa shape index (κ2) is 7.93. The number of benzene rings is 1. The van der Waals surface area contributed by atoms with E-state index in [9.17, 15) is 14.7 Å². The molecule has 7 heteroatoms. The molecule has 0 unspecified atom stereocenters. The van der Waals surface area contributed by atoms with Gasteiger partial charge in [-0.05, 0) is 69.9 Å². The van der Waals surface area contributed by atoms with E-state index in [1.807, 2.05) is 27.3 Å². The van der Waals surface area contributed by atoms with Crippen LogP contribution in [0.3, 0.4) is 0 Å². The first-order chi connectivity index (χ1) is 14.4. The van der Waals surface area contributed by atoms with Gasteiger partial charge in [0.1, 0.15) is 5.75 Å². The van der Waals surface area contributed by atoms with Crippen LogP contribution in [0.15, 0.2) is 30.6 Å². The number of phenolic OH excluding ortho intramolecular Hbond substituents is 1. The van der Waals surface area contributed by atoms with Crippen molar-refractivity contribution in [3.63, 3.8) is 0 Å². The van der Waals surface area contributed by atoms with Gasteiger partial charge in [0.25, 0.3) is 0 Å². The zero-order valence-corrected chi connectivity index (χ0v) is 17.4. The summed E-state index contributed by atoms with van der Waals surface area (Å²) in [6.45, 7) is 1.54. The number of rotatable bonds is 7. The Morgan fingerprint density at radius 3 is 2.57 bits per heavy atom. The van der Waals surface area contributed by atoms with Crippen LogP contribution in [-0.4, -0.2) is 65.8 Å². The Hall–Kier alpha value is -3.16. The molecule has 1 aliphatic rings. The number of carbonyl (C=O) groups excluding carboxylic acids is 2. The molecule has 2 aromatic heterocycles. The first-order valence-corrected chi connectivity index (χ1v) is 10.0. The standard InChI is InChI=1S/C23H26N4O3/c1-24-8-6-13-11-26-22-18(29)10-16(23(30)20(13)22)15-4-5-17(28)19-14(7-9-27(2)3)12-25-21(15)19/h4-5,10-12,24-26,28H,6-9H2,1-3H3. The molecule has 0 fully saturated rings. The van der Waals surface area contributed by atoms with E-state index in [2.05, 4.69) is 20.2 Å². The van der Waals surface area contributed by atoms with Crippen molar-refractivity contribution in [3.8, 4) is 5.75 Å². The van der Waals surface area contributed by atoms with Crippen molar-refractivity contribution in [1.29, 1.82) is 0 Å². The molecule has 0 atom stereocenters. The van der Waals surface area contributed by atoms with E-state index in [4.69, 9.17) is 0 Å². The quantitative estimate of drug-likeness (QED) is 0.483. The minimum absolute atomic E-state index is 0.163. The number of nitrogens with zero attached hydrogens (tertiary/aromatic N) is 1. The molecule has 156 valence electrons. The fraction of sp³-hybridized carbons (Fsp3) is 0.304. The number of hydrogen-bond donors (Lipinski definition) is 4. The predicted molar refractivity (Wildman–Crippen MR) is 117 cm³/mol. The number of Topliss-reactive ketones (excluding diaryl/α,β-unsaturated/α-hetero) is 1. The molecular formula is C23H26N4O3. The Bertz CT molecular complexity index is 1170. The first-order valence-electron chi connectivity index (χ1n) is 10.0. The summed E-state index contributed by atoms with van der Waals surface area (Å²) in [7, 11) is 5.85. The number of hydrogen-bond acceptors (Lipinski definition) is 5. The van der Waals surface area contributed by atoms with Crippen LogP contribution in [0, 0.1) is 0 Å². The molecule has 0 saturated carbocycles. The third kappa shape index (κ3) is 3.36. The number of aromatic amines is 2. The number of carbonyl (C=O) groups is 2. The smallest absolute Gasteiger partial charge is 0.203 e. The fourth-order valence-electron chi connectivity index (χ4n) is 4.04. The van der Waals surface area contributed by atoms with Gasteiger partial charge in [-0.25, -0.2) is 0 Å². The summed E-state index contributed by atoms with van der Waals surface area (Å²) in [6.07, 6.45) is 6.42. The number of H-pyrrole nitrogens is 2. The van der Waals surface area contributed by atoms with Crippen LogP contribution in [0.5, 0.6) is 5.75 Å². The van der Waals surface area contributed by atoms with Gasteiger partial charge in [-0.2, -0.15) is 0 Å². The highest BCUT2D eigenvalue weighted by Crippen LogP contribution is 2.37. The zero-order valence-electron chi connectivity index (χ0n) is 17.4. The fourth-order valence-corrected chi connectivity index (χ4v) is 4.04. The number of likely N-dealkylation sites (N-methyl/N-ethyl adjacent to an activating group) is 2.